The first-order valence-electron chi connectivity index (χ1n) is 19.2. The van der Waals surface area contributed by atoms with Crippen LogP contribution in [0.5, 0.6) is 5.75 Å². The maximum absolute atomic E-state index is 13.7. The quantitative estimate of drug-likeness (QED) is 0.312. The summed E-state index contributed by atoms with van der Waals surface area (Å²) in [5.41, 5.74) is 0.896. The summed E-state index contributed by atoms with van der Waals surface area (Å²) in [6.07, 6.45) is 18.1. The van der Waals surface area contributed by atoms with Gasteiger partial charge >= 0.3 is 0 Å². The van der Waals surface area contributed by atoms with Crippen molar-refractivity contribution in [1.29, 1.82) is 0 Å². The molecule has 0 radical (unpaired) electrons. The van der Waals surface area contributed by atoms with Crippen LogP contribution in [0.2, 0.25) is 0 Å². The average Bonchev–Trinajstić information content (AvgIpc) is 3.85. The fraction of sp³-hybridized carbons (Fsp3) is 0.650. The van der Waals surface area contributed by atoms with Crippen molar-refractivity contribution >= 4 is 67.2 Å². The minimum atomic E-state index is -0.487. The lowest BCUT2D eigenvalue weighted by Crippen LogP contribution is -2.37. The smallest absolute Gasteiger partial charge is 0.188 e. The van der Waals surface area contributed by atoms with E-state index in [0.717, 1.165) is 78.9 Å². The maximum atomic E-state index is 13.7. The van der Waals surface area contributed by atoms with Crippen molar-refractivity contribution in [3.63, 3.8) is 0 Å². The van der Waals surface area contributed by atoms with Crippen LogP contribution in [0.3, 0.4) is 0 Å². The Labute approximate surface area is 295 Å². The van der Waals surface area contributed by atoms with E-state index in [1.807, 2.05) is 6.07 Å². The number of carbonyl (C=O) groups is 4. The Morgan fingerprint density at radius 1 is 0.551 bits per heavy atom. The van der Waals surface area contributed by atoms with Crippen LogP contribution in [-0.4, -0.2) is 34.6 Å². The fourth-order valence-electron chi connectivity index (χ4n) is 11.7. The molecule has 7 saturated carbocycles. The SMILES string of the molecule is O=C1C(=Nc2cc3c(s2)-c2sc(N=C4C(=O)C5CC6CCCCC6CC5C4=O)cc2C2(CCCCC2)O3)C(=O)C2CC3CCCCC3CC12. The Kier molecular flexibility index (Phi) is 7.35. The molecule has 7 aliphatic carbocycles. The van der Waals surface area contributed by atoms with Gasteiger partial charge in [-0.25, -0.2) is 9.98 Å². The highest BCUT2D eigenvalue weighted by Gasteiger charge is 2.54. The van der Waals surface area contributed by atoms with Gasteiger partial charge < -0.3 is 4.74 Å². The fourth-order valence-corrected chi connectivity index (χ4v) is 13.9. The third kappa shape index (κ3) is 4.83. The summed E-state index contributed by atoms with van der Waals surface area (Å²) in [6.45, 7) is 0. The number of carbonyl (C=O) groups excluding carboxylic acids is 4. The van der Waals surface area contributed by atoms with Crippen LogP contribution in [-0.2, 0) is 24.8 Å². The van der Waals surface area contributed by atoms with Crippen LogP contribution in [0, 0.1) is 47.3 Å². The van der Waals surface area contributed by atoms with Crippen LogP contribution in [0.25, 0.3) is 9.75 Å². The number of ketones is 4. The number of rotatable bonds is 2. The number of nitrogens with zero attached hydrogens (tertiary/aromatic N) is 2. The molecular formula is C40H44N2O5S2. The normalized spacial score (nSPS) is 36.0. The number of Topliss-reactive ketones (excluding diaryl/α,β-unsaturated/α-hetero) is 4. The van der Waals surface area contributed by atoms with E-state index >= 15 is 0 Å². The van der Waals surface area contributed by atoms with Gasteiger partial charge in [-0.1, -0.05) is 57.8 Å². The average molecular weight is 697 g/mol. The van der Waals surface area contributed by atoms with E-state index in [4.69, 9.17) is 14.7 Å². The number of aliphatic imine (C=N–C) groups is 2. The molecule has 7 nitrogen and oxygen atoms in total. The van der Waals surface area contributed by atoms with Crippen molar-refractivity contribution in [2.75, 3.05) is 0 Å². The molecule has 7 fully saturated rings. The molecule has 2 aromatic heterocycles. The van der Waals surface area contributed by atoms with Crippen LogP contribution in [0.4, 0.5) is 10.0 Å². The van der Waals surface area contributed by atoms with Gasteiger partial charge in [-0.15, -0.1) is 22.7 Å². The van der Waals surface area contributed by atoms with Crippen LogP contribution in [0.15, 0.2) is 22.1 Å². The van der Waals surface area contributed by atoms with Crippen molar-refractivity contribution < 1.29 is 23.9 Å². The lowest BCUT2D eigenvalue weighted by molar-refractivity contribution is -0.123. The predicted octanol–water partition coefficient (Wildman–Crippen LogP) is 9.14. The summed E-state index contributed by atoms with van der Waals surface area (Å²) >= 11 is 3.00. The molecule has 3 heterocycles. The minimum absolute atomic E-state index is 0.0466. The molecule has 0 aromatic carbocycles. The van der Waals surface area contributed by atoms with Gasteiger partial charge in [0.2, 0.25) is 0 Å². The molecule has 0 amide bonds. The van der Waals surface area contributed by atoms with Gasteiger partial charge in [0.15, 0.2) is 34.6 Å². The van der Waals surface area contributed by atoms with Gasteiger partial charge in [0, 0.05) is 35.3 Å². The summed E-state index contributed by atoms with van der Waals surface area (Å²) < 4.78 is 6.90. The highest BCUT2D eigenvalue weighted by molar-refractivity contribution is 7.26. The van der Waals surface area contributed by atoms with Crippen LogP contribution in [0.1, 0.15) is 115 Å². The number of thiophene rings is 2. The van der Waals surface area contributed by atoms with Gasteiger partial charge in [-0.3, -0.25) is 19.2 Å². The van der Waals surface area contributed by atoms with Gasteiger partial charge in [0.25, 0.3) is 0 Å². The van der Waals surface area contributed by atoms with Crippen molar-refractivity contribution in [2.24, 2.45) is 57.3 Å². The van der Waals surface area contributed by atoms with Crippen molar-refractivity contribution in [1.82, 2.24) is 0 Å². The molecular weight excluding hydrogens is 653 g/mol. The van der Waals surface area contributed by atoms with Crippen molar-refractivity contribution in [3.05, 3.63) is 17.7 Å². The van der Waals surface area contributed by atoms with Gasteiger partial charge in [0.1, 0.15) is 21.4 Å². The first-order chi connectivity index (χ1) is 23.9. The summed E-state index contributed by atoms with van der Waals surface area (Å²) in [4.78, 5) is 66.4. The van der Waals surface area contributed by atoms with Crippen LogP contribution < -0.4 is 4.74 Å². The number of hydrogen-bond donors (Lipinski definition) is 0. The number of ether oxygens (including phenoxy) is 1. The monoisotopic (exact) mass is 696 g/mol. The van der Waals surface area contributed by atoms with E-state index < -0.39 is 5.60 Å². The first-order valence-corrected chi connectivity index (χ1v) is 20.8. The summed E-state index contributed by atoms with van der Waals surface area (Å²) in [5.74, 6) is 2.00. The third-order valence-electron chi connectivity index (χ3n) is 14.1. The number of fused-ring (bicyclic) bond motifs is 8. The highest BCUT2D eigenvalue weighted by atomic mass is 32.1. The molecule has 10 rings (SSSR count). The second-order valence-electron chi connectivity index (χ2n) is 16.6. The molecule has 9 heteroatoms. The molecule has 8 aliphatic rings. The van der Waals surface area contributed by atoms with Gasteiger partial charge in [-0.05, 0) is 81.1 Å². The lowest BCUT2D eigenvalue weighted by atomic mass is 9.64. The minimum Gasteiger partial charge on any atom is -0.481 e. The summed E-state index contributed by atoms with van der Waals surface area (Å²) in [6, 6.07) is 4.00. The highest BCUT2D eigenvalue weighted by Crippen LogP contribution is 2.59. The molecule has 256 valence electrons. The standard InChI is InChI=1S/C40H44N2O5S2/c43-34-24-14-20-8-2-3-9-21(20)15-25(24)35(44)32(34)41-30-18-28-38(48-30)39-29(47-40(28)12-6-1-7-13-40)19-31(49-39)42-33-36(45)26-16-22-10-4-5-11-23(22)17-27(26)37(33)46/h18-27H,1-17H2. The zero-order valence-corrected chi connectivity index (χ0v) is 29.7. The van der Waals surface area contributed by atoms with E-state index in [-0.39, 0.29) is 58.2 Å². The Balaban J connectivity index is 0.985. The van der Waals surface area contributed by atoms with Crippen LogP contribution >= 0.6 is 22.7 Å². The van der Waals surface area contributed by atoms with E-state index in [0.29, 0.717) is 33.7 Å². The van der Waals surface area contributed by atoms with Gasteiger partial charge in [0.05, 0.1) is 9.75 Å². The Morgan fingerprint density at radius 3 is 1.45 bits per heavy atom. The van der Waals surface area contributed by atoms with E-state index in [9.17, 15) is 19.2 Å². The van der Waals surface area contributed by atoms with Crippen molar-refractivity contribution in [2.45, 2.75) is 115 Å². The first kappa shape index (κ1) is 31.0. The summed E-state index contributed by atoms with van der Waals surface area (Å²) in [7, 11) is 0. The molecule has 1 spiro atoms. The van der Waals surface area contributed by atoms with Crippen molar-refractivity contribution in [3.8, 4) is 15.5 Å². The number of hydrogen-bond acceptors (Lipinski definition) is 9. The summed E-state index contributed by atoms with van der Waals surface area (Å²) in [5, 5.41) is 1.32. The molecule has 49 heavy (non-hydrogen) atoms. The lowest BCUT2D eigenvalue weighted by Gasteiger charge is -2.40. The molecule has 0 bridgehead atoms. The molecule has 2 aromatic rings. The predicted molar refractivity (Wildman–Crippen MR) is 191 cm³/mol. The molecule has 1 aliphatic heterocycles. The second kappa shape index (κ2) is 11.6. The molecule has 8 atom stereocenters. The van der Waals surface area contributed by atoms with E-state index in [1.54, 1.807) is 0 Å². The zero-order chi connectivity index (χ0) is 33.0. The largest absolute Gasteiger partial charge is 0.481 e. The molecule has 0 N–H and O–H groups in total. The van der Waals surface area contributed by atoms with E-state index in [2.05, 4.69) is 6.07 Å². The molecule has 0 saturated heterocycles. The Bertz CT molecular complexity index is 1780. The maximum Gasteiger partial charge on any atom is 0.188 e. The van der Waals surface area contributed by atoms with E-state index in [1.165, 1.54) is 74.0 Å². The Hall–Kier alpha value is -2.78. The van der Waals surface area contributed by atoms with Gasteiger partial charge in [-0.2, -0.15) is 0 Å². The molecule has 8 unspecified atom stereocenters. The Morgan fingerprint density at radius 2 is 0.980 bits per heavy atom. The second-order valence-corrected chi connectivity index (χ2v) is 18.7. The zero-order valence-electron chi connectivity index (χ0n) is 28.0. The topological polar surface area (TPSA) is 102 Å². The third-order valence-corrected chi connectivity index (χ3v) is 16.3.